The first-order valence-electron chi connectivity index (χ1n) is 9.79. The Morgan fingerprint density at radius 1 is 1.29 bits per heavy atom. The predicted octanol–water partition coefficient (Wildman–Crippen LogP) is 3.42. The van der Waals surface area contributed by atoms with Crippen LogP contribution in [0, 0.1) is 0 Å². The molecule has 7 nitrogen and oxygen atoms in total. The Kier molecular flexibility index (Phi) is 6.97. The van der Waals surface area contributed by atoms with Crippen molar-refractivity contribution in [3.63, 3.8) is 0 Å². The Hall–Kier alpha value is -2.48. The van der Waals surface area contributed by atoms with Gasteiger partial charge in [-0.1, -0.05) is 6.92 Å². The van der Waals surface area contributed by atoms with Gasteiger partial charge in [0, 0.05) is 31.0 Å². The molecule has 1 saturated carbocycles. The molecule has 2 aromatic heterocycles. The molecule has 0 amide bonds. The standard InChI is InChI=1S/C20H28FN5O2/c1-3-13(21)11-23-20-24-12-17(18-10-16(28-2)8-9-22-18)19(26-20)25-14-4-6-15(27)7-5-14/h8-10,12-15,27H,3-7,11H2,1-2H3,(H2,23,24,25,26)/t13-,14-,15-/m0/s1. The maximum Gasteiger partial charge on any atom is 0.224 e. The third kappa shape index (κ3) is 5.28. The van der Waals surface area contributed by atoms with Crippen LogP contribution < -0.4 is 15.4 Å². The third-order valence-electron chi connectivity index (χ3n) is 4.99. The number of pyridine rings is 1. The fraction of sp³-hybridized carbons (Fsp3) is 0.550. The molecular formula is C20H28FN5O2. The molecule has 1 atom stereocenters. The number of aliphatic hydroxyl groups is 1. The largest absolute Gasteiger partial charge is 0.497 e. The Morgan fingerprint density at radius 2 is 2.07 bits per heavy atom. The van der Waals surface area contributed by atoms with Gasteiger partial charge in [0.1, 0.15) is 17.7 Å². The average molecular weight is 389 g/mol. The number of anilines is 2. The molecule has 3 N–H and O–H groups in total. The van der Waals surface area contributed by atoms with Crippen LogP contribution in [0.3, 0.4) is 0 Å². The van der Waals surface area contributed by atoms with E-state index in [0.29, 0.717) is 29.6 Å². The summed E-state index contributed by atoms with van der Waals surface area (Å²) in [7, 11) is 1.61. The number of nitrogens with one attached hydrogen (secondary N) is 2. The highest BCUT2D eigenvalue weighted by Gasteiger charge is 2.21. The molecule has 1 aliphatic carbocycles. The first-order chi connectivity index (χ1) is 13.6. The van der Waals surface area contributed by atoms with Gasteiger partial charge in [0.05, 0.1) is 24.5 Å². The van der Waals surface area contributed by atoms with Crippen LogP contribution in [0.15, 0.2) is 24.5 Å². The summed E-state index contributed by atoms with van der Waals surface area (Å²) in [5.74, 6) is 1.72. The maximum atomic E-state index is 13.6. The SMILES string of the molecule is CC[C@H](F)CNc1ncc(-c2cc(OC)ccn2)c(N[C@H]2CC[C@H](O)CC2)n1. The first-order valence-corrected chi connectivity index (χ1v) is 9.79. The summed E-state index contributed by atoms with van der Waals surface area (Å²) in [5.41, 5.74) is 1.45. The first kappa shape index (κ1) is 20.3. The lowest BCUT2D eigenvalue weighted by Gasteiger charge is -2.27. The third-order valence-corrected chi connectivity index (χ3v) is 4.99. The van der Waals surface area contributed by atoms with E-state index in [1.165, 1.54) is 0 Å². The number of rotatable bonds is 8. The molecule has 1 aliphatic rings. The number of aliphatic hydroxyl groups excluding tert-OH is 1. The van der Waals surface area contributed by atoms with Crippen LogP contribution in [-0.4, -0.2) is 52.0 Å². The van der Waals surface area contributed by atoms with Crippen LogP contribution in [0.2, 0.25) is 0 Å². The zero-order chi connectivity index (χ0) is 19.9. The maximum absolute atomic E-state index is 13.6. The fourth-order valence-corrected chi connectivity index (χ4v) is 3.21. The van der Waals surface area contributed by atoms with E-state index in [4.69, 9.17) is 4.74 Å². The van der Waals surface area contributed by atoms with Gasteiger partial charge in [0.25, 0.3) is 0 Å². The van der Waals surface area contributed by atoms with E-state index in [2.05, 4.69) is 25.6 Å². The second-order valence-corrected chi connectivity index (χ2v) is 7.07. The Bertz CT molecular complexity index is 768. The topological polar surface area (TPSA) is 92.2 Å². The van der Waals surface area contributed by atoms with E-state index in [0.717, 1.165) is 31.2 Å². The predicted molar refractivity (Wildman–Crippen MR) is 107 cm³/mol. The molecular weight excluding hydrogens is 361 g/mol. The second-order valence-electron chi connectivity index (χ2n) is 7.07. The van der Waals surface area contributed by atoms with Gasteiger partial charge in [0.2, 0.25) is 5.95 Å². The van der Waals surface area contributed by atoms with Gasteiger partial charge in [-0.05, 0) is 38.2 Å². The monoisotopic (exact) mass is 389 g/mol. The minimum absolute atomic E-state index is 0.169. The van der Waals surface area contributed by atoms with Gasteiger partial charge in [-0.2, -0.15) is 4.98 Å². The summed E-state index contributed by atoms with van der Waals surface area (Å²) in [6.45, 7) is 1.97. The number of nitrogens with zero attached hydrogens (tertiary/aromatic N) is 3. The summed E-state index contributed by atoms with van der Waals surface area (Å²) in [5, 5.41) is 16.2. The quantitative estimate of drug-likeness (QED) is 0.637. The molecule has 28 heavy (non-hydrogen) atoms. The molecule has 152 valence electrons. The van der Waals surface area contributed by atoms with Crippen LogP contribution in [0.25, 0.3) is 11.3 Å². The normalized spacial score (nSPS) is 20.4. The lowest BCUT2D eigenvalue weighted by molar-refractivity contribution is 0.126. The van der Waals surface area contributed by atoms with E-state index in [1.807, 2.05) is 6.07 Å². The van der Waals surface area contributed by atoms with Crippen LogP contribution in [0.4, 0.5) is 16.2 Å². The highest BCUT2D eigenvalue weighted by Crippen LogP contribution is 2.30. The minimum Gasteiger partial charge on any atom is -0.497 e. The van der Waals surface area contributed by atoms with E-state index in [-0.39, 0.29) is 18.7 Å². The molecule has 1 fully saturated rings. The minimum atomic E-state index is -0.945. The summed E-state index contributed by atoms with van der Waals surface area (Å²) < 4.78 is 18.9. The highest BCUT2D eigenvalue weighted by atomic mass is 19.1. The van der Waals surface area contributed by atoms with Crippen LogP contribution in [0.5, 0.6) is 5.75 Å². The lowest BCUT2D eigenvalue weighted by Crippen LogP contribution is -2.29. The van der Waals surface area contributed by atoms with Crippen molar-refractivity contribution in [2.75, 3.05) is 24.3 Å². The molecule has 2 heterocycles. The molecule has 0 aromatic carbocycles. The fourth-order valence-electron chi connectivity index (χ4n) is 3.21. The average Bonchev–Trinajstić information content (AvgIpc) is 2.73. The van der Waals surface area contributed by atoms with E-state index < -0.39 is 6.17 Å². The van der Waals surface area contributed by atoms with Crippen molar-refractivity contribution in [2.24, 2.45) is 0 Å². The molecule has 0 radical (unpaired) electrons. The Balaban J connectivity index is 1.86. The zero-order valence-electron chi connectivity index (χ0n) is 16.4. The molecule has 0 unspecified atom stereocenters. The summed E-state index contributed by atoms with van der Waals surface area (Å²) in [6.07, 6.45) is 5.89. The number of aromatic nitrogens is 3. The van der Waals surface area contributed by atoms with Crippen LogP contribution in [0.1, 0.15) is 39.0 Å². The van der Waals surface area contributed by atoms with Crippen molar-refractivity contribution < 1.29 is 14.2 Å². The Labute approximate surface area is 164 Å². The molecule has 0 saturated heterocycles. The van der Waals surface area contributed by atoms with Crippen molar-refractivity contribution >= 4 is 11.8 Å². The number of hydrogen-bond donors (Lipinski definition) is 3. The number of alkyl halides is 1. The van der Waals surface area contributed by atoms with Crippen molar-refractivity contribution in [3.05, 3.63) is 24.5 Å². The molecule has 0 spiro atoms. The smallest absolute Gasteiger partial charge is 0.224 e. The second kappa shape index (κ2) is 9.64. The number of methoxy groups -OCH3 is 1. The molecule has 2 aromatic rings. The van der Waals surface area contributed by atoms with Crippen LogP contribution >= 0.6 is 0 Å². The van der Waals surface area contributed by atoms with E-state index in [1.54, 1.807) is 32.5 Å². The van der Waals surface area contributed by atoms with Crippen molar-refractivity contribution in [1.82, 2.24) is 15.0 Å². The van der Waals surface area contributed by atoms with Crippen LogP contribution in [-0.2, 0) is 0 Å². The van der Waals surface area contributed by atoms with Gasteiger partial charge in [-0.15, -0.1) is 0 Å². The van der Waals surface area contributed by atoms with Crippen molar-refractivity contribution in [2.45, 2.75) is 57.3 Å². The molecule has 8 heteroatoms. The van der Waals surface area contributed by atoms with Gasteiger partial charge < -0.3 is 20.5 Å². The summed E-state index contributed by atoms with van der Waals surface area (Å²) >= 11 is 0. The van der Waals surface area contributed by atoms with Crippen molar-refractivity contribution in [3.8, 4) is 17.0 Å². The lowest BCUT2D eigenvalue weighted by atomic mass is 9.93. The number of halogens is 1. The molecule has 3 rings (SSSR count). The van der Waals surface area contributed by atoms with E-state index >= 15 is 0 Å². The van der Waals surface area contributed by atoms with Crippen molar-refractivity contribution in [1.29, 1.82) is 0 Å². The Morgan fingerprint density at radius 3 is 2.79 bits per heavy atom. The van der Waals surface area contributed by atoms with Gasteiger partial charge >= 0.3 is 0 Å². The van der Waals surface area contributed by atoms with Gasteiger partial charge in [-0.25, -0.2) is 9.37 Å². The molecule has 0 bridgehead atoms. The summed E-state index contributed by atoms with van der Waals surface area (Å²) in [6, 6.07) is 3.82. The zero-order valence-corrected chi connectivity index (χ0v) is 16.4. The van der Waals surface area contributed by atoms with Gasteiger partial charge in [-0.3, -0.25) is 4.98 Å². The van der Waals surface area contributed by atoms with Gasteiger partial charge in [0.15, 0.2) is 0 Å². The number of ether oxygens (including phenoxy) is 1. The molecule has 0 aliphatic heterocycles. The summed E-state index contributed by atoms with van der Waals surface area (Å²) in [4.78, 5) is 13.3. The number of hydrogen-bond acceptors (Lipinski definition) is 7. The van der Waals surface area contributed by atoms with E-state index in [9.17, 15) is 9.50 Å². The highest BCUT2D eigenvalue weighted by molar-refractivity contribution is 5.73.